The van der Waals surface area contributed by atoms with Crippen molar-refractivity contribution in [3.05, 3.63) is 12.7 Å². The van der Waals surface area contributed by atoms with Crippen LogP contribution in [0, 0.1) is 5.92 Å². The normalized spacial score (nSPS) is 37.7. The molecule has 3 unspecified atom stereocenters. The lowest BCUT2D eigenvalue weighted by molar-refractivity contribution is -0.122. The molecule has 0 bridgehead atoms. The molecule has 0 aromatic carbocycles. The second-order valence-electron chi connectivity index (χ2n) is 4.61. The number of Topliss-reactive ketones (excluding diaryl/α,β-unsaturated/α-hetero) is 1. The highest BCUT2D eigenvalue weighted by molar-refractivity contribution is 5.79. The smallest absolute Gasteiger partial charge is 0.133 e. The van der Waals surface area contributed by atoms with Gasteiger partial charge in [0.15, 0.2) is 0 Å². The molecule has 3 atom stereocenters. The molecule has 0 radical (unpaired) electrons. The zero-order valence-corrected chi connectivity index (χ0v) is 8.67. The summed E-state index contributed by atoms with van der Waals surface area (Å²) in [5.41, 5.74) is 0. The van der Waals surface area contributed by atoms with Crippen molar-refractivity contribution < 1.29 is 4.79 Å². The molecule has 0 spiro atoms. The van der Waals surface area contributed by atoms with Crippen LogP contribution in [0.3, 0.4) is 0 Å². The van der Waals surface area contributed by atoms with Crippen LogP contribution >= 0.6 is 0 Å². The number of rotatable bonds is 2. The van der Waals surface area contributed by atoms with Crippen LogP contribution in [0.5, 0.6) is 0 Å². The van der Waals surface area contributed by atoms with E-state index < -0.39 is 0 Å². The monoisotopic (exact) mass is 193 g/mol. The first-order valence-corrected chi connectivity index (χ1v) is 5.68. The first-order valence-electron chi connectivity index (χ1n) is 5.68. The fraction of sp³-hybridized carbons (Fsp3) is 0.750. The van der Waals surface area contributed by atoms with Gasteiger partial charge < -0.3 is 5.32 Å². The molecule has 2 fully saturated rings. The van der Waals surface area contributed by atoms with Crippen molar-refractivity contribution in [1.82, 2.24) is 5.32 Å². The Morgan fingerprint density at radius 3 is 3.07 bits per heavy atom. The number of ketones is 1. The molecule has 2 aliphatic rings. The molecule has 1 saturated heterocycles. The first-order chi connectivity index (χ1) is 6.79. The third kappa shape index (κ3) is 2.06. The molecule has 1 saturated carbocycles. The molecule has 0 aromatic rings. The Balaban J connectivity index is 1.91. The Kier molecular flexibility index (Phi) is 3.02. The SMILES string of the molecule is C=CCC1CCC2CC(=O)CCC2N1. The van der Waals surface area contributed by atoms with Crippen LogP contribution in [-0.4, -0.2) is 17.9 Å². The van der Waals surface area contributed by atoms with Crippen molar-refractivity contribution in [2.75, 3.05) is 0 Å². The van der Waals surface area contributed by atoms with Gasteiger partial charge >= 0.3 is 0 Å². The van der Waals surface area contributed by atoms with E-state index >= 15 is 0 Å². The van der Waals surface area contributed by atoms with E-state index in [1.807, 2.05) is 6.08 Å². The van der Waals surface area contributed by atoms with Gasteiger partial charge in [0, 0.05) is 24.9 Å². The van der Waals surface area contributed by atoms with Crippen molar-refractivity contribution in [2.24, 2.45) is 5.92 Å². The van der Waals surface area contributed by atoms with E-state index in [1.165, 1.54) is 12.8 Å². The highest BCUT2D eigenvalue weighted by Crippen LogP contribution is 2.31. The fourth-order valence-electron chi connectivity index (χ4n) is 2.80. The summed E-state index contributed by atoms with van der Waals surface area (Å²) >= 11 is 0. The van der Waals surface area contributed by atoms with E-state index in [0.717, 1.165) is 25.7 Å². The maximum atomic E-state index is 11.3. The number of piperidine rings is 1. The third-order valence-electron chi connectivity index (χ3n) is 3.58. The molecular formula is C12H19NO. The van der Waals surface area contributed by atoms with Crippen LogP contribution in [0.25, 0.3) is 0 Å². The average Bonchev–Trinajstić information content (AvgIpc) is 2.19. The summed E-state index contributed by atoms with van der Waals surface area (Å²) in [6.07, 6.45) is 8.15. The summed E-state index contributed by atoms with van der Waals surface area (Å²) in [5, 5.41) is 3.65. The summed E-state index contributed by atoms with van der Waals surface area (Å²) in [5.74, 6) is 1.09. The van der Waals surface area contributed by atoms with Gasteiger partial charge in [0.1, 0.15) is 5.78 Å². The second kappa shape index (κ2) is 4.26. The van der Waals surface area contributed by atoms with Gasteiger partial charge in [-0.3, -0.25) is 4.79 Å². The van der Waals surface area contributed by atoms with Crippen LogP contribution in [-0.2, 0) is 4.79 Å². The Bertz CT molecular complexity index is 236. The molecule has 1 heterocycles. The van der Waals surface area contributed by atoms with E-state index in [2.05, 4.69) is 11.9 Å². The molecule has 1 aliphatic carbocycles. The highest BCUT2D eigenvalue weighted by atomic mass is 16.1. The number of hydrogen-bond acceptors (Lipinski definition) is 2. The molecule has 1 aliphatic heterocycles. The lowest BCUT2D eigenvalue weighted by Gasteiger charge is -2.39. The van der Waals surface area contributed by atoms with Crippen LogP contribution in [0.15, 0.2) is 12.7 Å². The molecule has 78 valence electrons. The fourth-order valence-corrected chi connectivity index (χ4v) is 2.80. The molecule has 0 amide bonds. The quantitative estimate of drug-likeness (QED) is 0.680. The van der Waals surface area contributed by atoms with Gasteiger partial charge in [-0.05, 0) is 31.6 Å². The lowest BCUT2D eigenvalue weighted by atomic mass is 9.77. The number of fused-ring (bicyclic) bond motifs is 1. The molecule has 2 heteroatoms. The van der Waals surface area contributed by atoms with E-state index in [9.17, 15) is 4.79 Å². The summed E-state index contributed by atoms with van der Waals surface area (Å²) in [6, 6.07) is 1.22. The summed E-state index contributed by atoms with van der Waals surface area (Å²) < 4.78 is 0. The van der Waals surface area contributed by atoms with Gasteiger partial charge in [0.2, 0.25) is 0 Å². The van der Waals surface area contributed by atoms with Crippen LogP contribution in [0.4, 0.5) is 0 Å². The van der Waals surface area contributed by atoms with Crippen molar-refractivity contribution in [3.8, 4) is 0 Å². The van der Waals surface area contributed by atoms with Gasteiger partial charge in [-0.2, -0.15) is 0 Å². The van der Waals surface area contributed by atoms with E-state index in [4.69, 9.17) is 0 Å². The van der Waals surface area contributed by atoms with Crippen molar-refractivity contribution >= 4 is 5.78 Å². The predicted octanol–water partition coefficient (Wildman–Crippen LogP) is 2.05. The third-order valence-corrected chi connectivity index (χ3v) is 3.58. The minimum Gasteiger partial charge on any atom is -0.311 e. The molecule has 2 rings (SSSR count). The number of hydrogen-bond donors (Lipinski definition) is 1. The Labute approximate surface area is 85.8 Å². The highest BCUT2D eigenvalue weighted by Gasteiger charge is 2.33. The number of carbonyl (C=O) groups is 1. The van der Waals surface area contributed by atoms with E-state index in [-0.39, 0.29) is 0 Å². The van der Waals surface area contributed by atoms with Gasteiger partial charge in [0.25, 0.3) is 0 Å². The second-order valence-corrected chi connectivity index (χ2v) is 4.61. The van der Waals surface area contributed by atoms with E-state index in [0.29, 0.717) is 23.8 Å². The Hall–Kier alpha value is -0.630. The van der Waals surface area contributed by atoms with E-state index in [1.54, 1.807) is 0 Å². The van der Waals surface area contributed by atoms with Crippen molar-refractivity contribution in [1.29, 1.82) is 0 Å². The molecule has 14 heavy (non-hydrogen) atoms. The van der Waals surface area contributed by atoms with Crippen molar-refractivity contribution in [2.45, 2.75) is 50.6 Å². The minimum absolute atomic E-state index is 0.468. The lowest BCUT2D eigenvalue weighted by Crippen LogP contribution is -2.49. The zero-order chi connectivity index (χ0) is 9.97. The number of carbonyl (C=O) groups excluding carboxylic acids is 1. The standard InChI is InChI=1S/C12H19NO/c1-2-3-10-5-4-9-8-11(14)6-7-12(9)13-10/h2,9-10,12-13H,1,3-8H2. The van der Waals surface area contributed by atoms with Crippen molar-refractivity contribution in [3.63, 3.8) is 0 Å². The molecular weight excluding hydrogens is 174 g/mol. The maximum absolute atomic E-state index is 11.3. The van der Waals surface area contributed by atoms with Crippen LogP contribution in [0.2, 0.25) is 0 Å². The van der Waals surface area contributed by atoms with Crippen LogP contribution < -0.4 is 5.32 Å². The molecule has 0 aromatic heterocycles. The topological polar surface area (TPSA) is 29.1 Å². The van der Waals surface area contributed by atoms with Gasteiger partial charge in [-0.25, -0.2) is 0 Å². The first kappa shape index (κ1) is 9.91. The van der Waals surface area contributed by atoms with Gasteiger partial charge in [0.05, 0.1) is 0 Å². The average molecular weight is 193 g/mol. The predicted molar refractivity (Wildman–Crippen MR) is 57.1 cm³/mol. The molecule has 1 N–H and O–H groups in total. The largest absolute Gasteiger partial charge is 0.311 e. The van der Waals surface area contributed by atoms with Gasteiger partial charge in [-0.15, -0.1) is 6.58 Å². The zero-order valence-electron chi connectivity index (χ0n) is 8.67. The summed E-state index contributed by atoms with van der Waals surface area (Å²) in [7, 11) is 0. The molecule has 2 nitrogen and oxygen atoms in total. The Morgan fingerprint density at radius 2 is 2.29 bits per heavy atom. The maximum Gasteiger partial charge on any atom is 0.133 e. The summed E-state index contributed by atoms with van der Waals surface area (Å²) in [4.78, 5) is 11.3. The van der Waals surface area contributed by atoms with Gasteiger partial charge in [-0.1, -0.05) is 6.08 Å². The Morgan fingerprint density at radius 1 is 1.43 bits per heavy atom. The minimum atomic E-state index is 0.468. The van der Waals surface area contributed by atoms with Crippen LogP contribution in [0.1, 0.15) is 38.5 Å². The summed E-state index contributed by atoms with van der Waals surface area (Å²) in [6.45, 7) is 3.78. The number of nitrogens with one attached hydrogen (secondary N) is 1.